The Bertz CT molecular complexity index is 1470. The Labute approximate surface area is 242 Å². The molecule has 2 fully saturated rings. The highest BCUT2D eigenvalue weighted by atomic mass is 35.5. The number of benzene rings is 3. The van der Waals surface area contributed by atoms with Gasteiger partial charge >= 0.3 is 5.97 Å². The van der Waals surface area contributed by atoms with Crippen LogP contribution in [-0.2, 0) is 14.3 Å². The number of ether oxygens (including phenoxy) is 1. The molecular weight excluding hydrogens is 553 g/mol. The standard InChI is InChI=1S/C30H27Cl2N3O5/c1-19-6-9-21(31)16-25(19)33-12-14-34(15-13-33)26-17-28(37)35(29(26)38)22-10-7-20(8-11-22)30(39)40-18-27(36)23-4-2-3-5-24(23)32/h2-11,16,26H,12-15,17-18H2,1H3. The number of esters is 1. The number of hydrogen-bond acceptors (Lipinski definition) is 7. The molecule has 2 aliphatic rings. The molecule has 2 heterocycles. The normalized spacial score (nSPS) is 17.8. The summed E-state index contributed by atoms with van der Waals surface area (Å²) in [7, 11) is 0. The largest absolute Gasteiger partial charge is 0.454 e. The van der Waals surface area contributed by atoms with Crippen molar-refractivity contribution in [3.8, 4) is 0 Å². The highest BCUT2D eigenvalue weighted by Crippen LogP contribution is 2.29. The van der Waals surface area contributed by atoms with Crippen LogP contribution in [0, 0.1) is 6.92 Å². The Balaban J connectivity index is 1.18. The number of hydrogen-bond donors (Lipinski definition) is 0. The summed E-state index contributed by atoms with van der Waals surface area (Å²) in [6.07, 6.45) is 0.100. The van der Waals surface area contributed by atoms with Crippen LogP contribution in [0.2, 0.25) is 10.0 Å². The zero-order chi connectivity index (χ0) is 28.4. The molecule has 206 valence electrons. The summed E-state index contributed by atoms with van der Waals surface area (Å²) in [5.41, 5.74) is 3.06. The number of amides is 2. The summed E-state index contributed by atoms with van der Waals surface area (Å²) in [6, 6.07) is 17.8. The number of ketones is 1. The van der Waals surface area contributed by atoms with Gasteiger partial charge in [-0.05, 0) is 61.0 Å². The number of rotatable bonds is 7. The lowest BCUT2D eigenvalue weighted by Crippen LogP contribution is -2.52. The number of piperazine rings is 1. The van der Waals surface area contributed by atoms with E-state index in [0.29, 0.717) is 23.8 Å². The third-order valence-electron chi connectivity index (χ3n) is 7.26. The lowest BCUT2D eigenvalue weighted by atomic mass is 10.1. The lowest BCUT2D eigenvalue weighted by Gasteiger charge is -2.38. The zero-order valence-electron chi connectivity index (χ0n) is 21.8. The molecule has 1 unspecified atom stereocenters. The van der Waals surface area contributed by atoms with Gasteiger partial charge in [-0.1, -0.05) is 41.4 Å². The maximum absolute atomic E-state index is 13.3. The van der Waals surface area contributed by atoms with Crippen molar-refractivity contribution in [1.82, 2.24) is 4.90 Å². The first-order valence-corrected chi connectivity index (χ1v) is 13.7. The van der Waals surface area contributed by atoms with Gasteiger partial charge in [-0.3, -0.25) is 19.3 Å². The molecule has 0 aromatic heterocycles. The fraction of sp³-hybridized carbons (Fsp3) is 0.267. The number of carbonyl (C=O) groups excluding carboxylic acids is 4. The average molecular weight is 580 g/mol. The third kappa shape index (κ3) is 5.75. The first kappa shape index (κ1) is 27.8. The molecule has 2 amide bonds. The minimum Gasteiger partial charge on any atom is -0.454 e. The monoisotopic (exact) mass is 579 g/mol. The van der Waals surface area contributed by atoms with Crippen LogP contribution in [0.3, 0.4) is 0 Å². The molecule has 0 bridgehead atoms. The van der Waals surface area contributed by atoms with E-state index in [1.54, 1.807) is 24.3 Å². The summed E-state index contributed by atoms with van der Waals surface area (Å²) in [5, 5.41) is 0.962. The fourth-order valence-corrected chi connectivity index (χ4v) is 5.50. The van der Waals surface area contributed by atoms with Crippen molar-refractivity contribution in [2.24, 2.45) is 0 Å². The number of nitrogens with zero attached hydrogens (tertiary/aromatic N) is 3. The molecule has 2 saturated heterocycles. The molecule has 3 aromatic rings. The van der Waals surface area contributed by atoms with Gasteiger partial charge in [-0.15, -0.1) is 0 Å². The van der Waals surface area contributed by atoms with Gasteiger partial charge in [-0.2, -0.15) is 0 Å². The first-order valence-electron chi connectivity index (χ1n) is 12.9. The van der Waals surface area contributed by atoms with Gasteiger partial charge < -0.3 is 9.64 Å². The summed E-state index contributed by atoms with van der Waals surface area (Å²) in [4.78, 5) is 56.5. The van der Waals surface area contributed by atoms with E-state index >= 15 is 0 Å². The van der Waals surface area contributed by atoms with Crippen LogP contribution in [0.5, 0.6) is 0 Å². The molecule has 0 radical (unpaired) electrons. The van der Waals surface area contributed by atoms with Crippen LogP contribution in [-0.4, -0.2) is 67.3 Å². The number of imide groups is 1. The Kier molecular flexibility index (Phi) is 8.21. The van der Waals surface area contributed by atoms with E-state index in [4.69, 9.17) is 27.9 Å². The smallest absolute Gasteiger partial charge is 0.338 e. The average Bonchev–Trinajstić information content (AvgIpc) is 3.26. The van der Waals surface area contributed by atoms with Gasteiger partial charge in [0.05, 0.1) is 28.7 Å². The van der Waals surface area contributed by atoms with Crippen LogP contribution in [0.1, 0.15) is 32.7 Å². The second-order valence-corrected chi connectivity index (χ2v) is 10.6. The lowest BCUT2D eigenvalue weighted by molar-refractivity contribution is -0.123. The van der Waals surface area contributed by atoms with E-state index in [1.165, 1.54) is 29.2 Å². The van der Waals surface area contributed by atoms with Crippen LogP contribution >= 0.6 is 23.2 Å². The molecule has 10 heteroatoms. The molecule has 0 spiro atoms. The van der Waals surface area contributed by atoms with E-state index < -0.39 is 24.4 Å². The molecule has 1 atom stereocenters. The second-order valence-electron chi connectivity index (χ2n) is 9.77. The van der Waals surface area contributed by atoms with Gasteiger partial charge in [0.25, 0.3) is 5.91 Å². The highest BCUT2D eigenvalue weighted by Gasteiger charge is 2.43. The molecule has 0 aliphatic carbocycles. The van der Waals surface area contributed by atoms with Crippen molar-refractivity contribution >= 4 is 58.1 Å². The van der Waals surface area contributed by atoms with E-state index in [9.17, 15) is 19.2 Å². The fourth-order valence-electron chi connectivity index (χ4n) is 5.10. The van der Waals surface area contributed by atoms with Crippen LogP contribution in [0.15, 0.2) is 66.7 Å². The van der Waals surface area contributed by atoms with Gasteiger partial charge in [0.2, 0.25) is 11.7 Å². The van der Waals surface area contributed by atoms with Crippen molar-refractivity contribution < 1.29 is 23.9 Å². The van der Waals surface area contributed by atoms with Gasteiger partial charge in [0, 0.05) is 42.5 Å². The van der Waals surface area contributed by atoms with Gasteiger partial charge in [-0.25, -0.2) is 9.69 Å². The van der Waals surface area contributed by atoms with Crippen molar-refractivity contribution in [3.63, 3.8) is 0 Å². The molecular formula is C30H27Cl2N3O5. The molecule has 8 nitrogen and oxygen atoms in total. The third-order valence-corrected chi connectivity index (χ3v) is 7.82. The Hall–Kier alpha value is -3.72. The van der Waals surface area contributed by atoms with E-state index in [0.717, 1.165) is 24.3 Å². The molecule has 5 rings (SSSR count). The highest BCUT2D eigenvalue weighted by molar-refractivity contribution is 6.34. The Morgan fingerprint density at radius 3 is 2.33 bits per heavy atom. The van der Waals surface area contributed by atoms with Crippen LogP contribution < -0.4 is 9.80 Å². The summed E-state index contributed by atoms with van der Waals surface area (Å²) in [6.45, 7) is 4.30. The van der Waals surface area contributed by atoms with Crippen molar-refractivity contribution in [1.29, 1.82) is 0 Å². The van der Waals surface area contributed by atoms with Crippen molar-refractivity contribution in [2.75, 3.05) is 42.6 Å². The molecule has 3 aromatic carbocycles. The molecule has 0 saturated carbocycles. The van der Waals surface area contributed by atoms with E-state index in [2.05, 4.69) is 9.80 Å². The second kappa shape index (κ2) is 11.8. The SMILES string of the molecule is Cc1ccc(Cl)cc1N1CCN(C2CC(=O)N(c3ccc(C(=O)OCC(=O)c4ccccc4Cl)cc3)C2=O)CC1. The summed E-state index contributed by atoms with van der Waals surface area (Å²) < 4.78 is 5.15. The van der Waals surface area contributed by atoms with E-state index in [1.807, 2.05) is 25.1 Å². The number of anilines is 2. The number of halogens is 2. The Morgan fingerprint density at radius 2 is 1.62 bits per heavy atom. The minimum atomic E-state index is -0.697. The molecule has 0 N–H and O–H groups in total. The first-order chi connectivity index (χ1) is 19.2. The number of Topliss-reactive ketones (excluding diaryl/α,β-unsaturated/α-hetero) is 1. The quantitative estimate of drug-likeness (QED) is 0.226. The zero-order valence-corrected chi connectivity index (χ0v) is 23.3. The van der Waals surface area contributed by atoms with Gasteiger partial charge in [0.1, 0.15) is 0 Å². The predicted molar refractivity (Wildman–Crippen MR) is 153 cm³/mol. The van der Waals surface area contributed by atoms with E-state index in [-0.39, 0.29) is 34.4 Å². The predicted octanol–water partition coefficient (Wildman–Crippen LogP) is 4.80. The maximum atomic E-state index is 13.3. The van der Waals surface area contributed by atoms with Crippen LogP contribution in [0.25, 0.3) is 0 Å². The van der Waals surface area contributed by atoms with Crippen molar-refractivity contribution in [3.05, 3.63) is 93.5 Å². The van der Waals surface area contributed by atoms with Crippen molar-refractivity contribution in [2.45, 2.75) is 19.4 Å². The molecule has 2 aliphatic heterocycles. The van der Waals surface area contributed by atoms with Crippen LogP contribution in [0.4, 0.5) is 11.4 Å². The Morgan fingerprint density at radius 1 is 0.925 bits per heavy atom. The minimum absolute atomic E-state index is 0.100. The summed E-state index contributed by atoms with van der Waals surface area (Å²) in [5.74, 6) is -1.68. The summed E-state index contributed by atoms with van der Waals surface area (Å²) >= 11 is 12.2. The topological polar surface area (TPSA) is 87.2 Å². The molecule has 40 heavy (non-hydrogen) atoms. The van der Waals surface area contributed by atoms with Gasteiger partial charge in [0.15, 0.2) is 6.61 Å². The maximum Gasteiger partial charge on any atom is 0.338 e. The number of carbonyl (C=O) groups is 4. The number of aryl methyl sites for hydroxylation is 1.